The minimum absolute atomic E-state index is 0.497. The van der Waals surface area contributed by atoms with E-state index in [4.69, 9.17) is 16.0 Å². The van der Waals surface area contributed by atoms with Gasteiger partial charge in [0.25, 0.3) is 0 Å². The number of rotatable bonds is 5. The lowest BCUT2D eigenvalue weighted by Crippen LogP contribution is -1.81. The number of benzene rings is 2. The van der Waals surface area contributed by atoms with E-state index in [0.29, 0.717) is 22.6 Å². The van der Waals surface area contributed by atoms with E-state index in [-0.39, 0.29) is 0 Å². The molecular weight excluding hydrogens is 374 g/mol. The highest BCUT2D eigenvalue weighted by atomic mass is 35.5. The lowest BCUT2D eigenvalue weighted by molar-refractivity contribution is 0.528. The van der Waals surface area contributed by atoms with Crippen LogP contribution >= 0.6 is 34.7 Å². The SMILES string of the molecule is Clc1ccc(-c2nnc(CSc3nc(-c4ccccc4)cs3)o2)cc1. The predicted octanol–water partition coefficient (Wildman–Crippen LogP) is 5.81. The predicted molar refractivity (Wildman–Crippen MR) is 102 cm³/mol. The van der Waals surface area contributed by atoms with E-state index in [9.17, 15) is 0 Å². The highest BCUT2D eigenvalue weighted by Crippen LogP contribution is 2.30. The molecule has 25 heavy (non-hydrogen) atoms. The van der Waals surface area contributed by atoms with Crippen molar-refractivity contribution in [3.05, 3.63) is 70.9 Å². The molecule has 0 amide bonds. The Balaban J connectivity index is 1.42. The van der Waals surface area contributed by atoms with Gasteiger partial charge in [-0.3, -0.25) is 0 Å². The standard InChI is InChI=1S/C18H12ClN3OS2/c19-14-8-6-13(7-9-14)17-22-21-16(23-17)11-25-18-20-15(10-24-18)12-4-2-1-3-5-12/h1-10H,11H2. The molecule has 0 saturated heterocycles. The molecule has 0 fully saturated rings. The van der Waals surface area contributed by atoms with Gasteiger partial charge in [-0.05, 0) is 24.3 Å². The molecule has 4 aromatic rings. The topological polar surface area (TPSA) is 51.8 Å². The van der Waals surface area contributed by atoms with E-state index < -0.39 is 0 Å². The van der Waals surface area contributed by atoms with Gasteiger partial charge >= 0.3 is 0 Å². The molecular formula is C18H12ClN3OS2. The van der Waals surface area contributed by atoms with Crippen molar-refractivity contribution in [2.45, 2.75) is 10.1 Å². The fraction of sp³-hybridized carbons (Fsp3) is 0.0556. The fourth-order valence-electron chi connectivity index (χ4n) is 2.21. The van der Waals surface area contributed by atoms with Crippen molar-refractivity contribution in [2.24, 2.45) is 0 Å². The molecule has 7 heteroatoms. The smallest absolute Gasteiger partial charge is 0.247 e. The van der Waals surface area contributed by atoms with Crippen LogP contribution in [0.3, 0.4) is 0 Å². The number of aromatic nitrogens is 3. The van der Waals surface area contributed by atoms with Crippen LogP contribution in [0.2, 0.25) is 5.02 Å². The summed E-state index contributed by atoms with van der Waals surface area (Å²) in [6.45, 7) is 0. The molecule has 0 aliphatic heterocycles. The molecule has 2 heterocycles. The summed E-state index contributed by atoms with van der Waals surface area (Å²) in [6, 6.07) is 17.5. The lowest BCUT2D eigenvalue weighted by Gasteiger charge is -1.95. The second-order valence-electron chi connectivity index (χ2n) is 5.16. The van der Waals surface area contributed by atoms with Crippen LogP contribution in [-0.2, 0) is 5.75 Å². The molecule has 4 rings (SSSR count). The van der Waals surface area contributed by atoms with Crippen LogP contribution in [0.1, 0.15) is 5.89 Å². The molecule has 2 aromatic heterocycles. The summed E-state index contributed by atoms with van der Waals surface area (Å²) in [5.41, 5.74) is 2.96. The average molecular weight is 386 g/mol. The van der Waals surface area contributed by atoms with Gasteiger partial charge in [-0.1, -0.05) is 53.7 Å². The van der Waals surface area contributed by atoms with Crippen LogP contribution in [0.15, 0.2) is 68.7 Å². The van der Waals surface area contributed by atoms with E-state index in [1.165, 1.54) is 0 Å². The first kappa shape index (κ1) is 16.3. The highest BCUT2D eigenvalue weighted by molar-refractivity contribution is 8.00. The van der Waals surface area contributed by atoms with E-state index in [0.717, 1.165) is 21.2 Å². The maximum Gasteiger partial charge on any atom is 0.247 e. The first-order chi connectivity index (χ1) is 12.3. The largest absolute Gasteiger partial charge is 0.420 e. The van der Waals surface area contributed by atoms with Gasteiger partial charge in [0.1, 0.15) is 0 Å². The van der Waals surface area contributed by atoms with Gasteiger partial charge < -0.3 is 4.42 Å². The number of hydrogen-bond donors (Lipinski definition) is 0. The van der Waals surface area contributed by atoms with Crippen molar-refractivity contribution in [3.63, 3.8) is 0 Å². The number of nitrogens with zero attached hydrogens (tertiary/aromatic N) is 3. The van der Waals surface area contributed by atoms with Crippen molar-refractivity contribution < 1.29 is 4.42 Å². The van der Waals surface area contributed by atoms with Gasteiger partial charge in [0.05, 0.1) is 11.4 Å². The summed E-state index contributed by atoms with van der Waals surface area (Å²) < 4.78 is 6.69. The zero-order valence-corrected chi connectivity index (χ0v) is 15.3. The second-order valence-corrected chi connectivity index (χ2v) is 7.68. The van der Waals surface area contributed by atoms with Gasteiger partial charge in [0.2, 0.25) is 11.8 Å². The van der Waals surface area contributed by atoms with E-state index in [1.807, 2.05) is 30.3 Å². The Morgan fingerprint density at radius 3 is 2.56 bits per heavy atom. The third-order valence-electron chi connectivity index (χ3n) is 3.43. The summed E-state index contributed by atoms with van der Waals surface area (Å²) in [6.07, 6.45) is 0. The van der Waals surface area contributed by atoms with E-state index in [1.54, 1.807) is 35.2 Å². The van der Waals surface area contributed by atoms with Gasteiger partial charge in [0.15, 0.2) is 4.34 Å². The Kier molecular flexibility index (Phi) is 4.83. The second kappa shape index (κ2) is 7.39. The minimum Gasteiger partial charge on any atom is -0.420 e. The Bertz CT molecular complexity index is 967. The van der Waals surface area contributed by atoms with Crippen molar-refractivity contribution in [1.29, 1.82) is 0 Å². The molecule has 0 atom stereocenters. The number of thioether (sulfide) groups is 1. The molecule has 0 unspecified atom stereocenters. The van der Waals surface area contributed by atoms with Crippen molar-refractivity contribution >= 4 is 34.7 Å². The van der Waals surface area contributed by atoms with Crippen LogP contribution in [0.4, 0.5) is 0 Å². The van der Waals surface area contributed by atoms with Crippen molar-refractivity contribution in [2.75, 3.05) is 0 Å². The molecule has 0 aliphatic carbocycles. The maximum atomic E-state index is 5.89. The first-order valence-corrected chi connectivity index (χ1v) is 9.74. The van der Waals surface area contributed by atoms with Gasteiger partial charge in [-0.15, -0.1) is 21.5 Å². The Hall–Kier alpha value is -2.15. The Morgan fingerprint density at radius 1 is 0.960 bits per heavy atom. The van der Waals surface area contributed by atoms with Gasteiger partial charge in [-0.2, -0.15) is 0 Å². The van der Waals surface area contributed by atoms with Crippen LogP contribution in [-0.4, -0.2) is 15.2 Å². The third kappa shape index (κ3) is 3.92. The molecule has 0 saturated carbocycles. The maximum absolute atomic E-state index is 5.89. The number of thiazole rings is 1. The highest BCUT2D eigenvalue weighted by Gasteiger charge is 2.11. The van der Waals surface area contributed by atoms with E-state index >= 15 is 0 Å². The summed E-state index contributed by atoms with van der Waals surface area (Å²) in [4.78, 5) is 4.65. The Morgan fingerprint density at radius 2 is 1.76 bits per heavy atom. The zero-order chi connectivity index (χ0) is 17.1. The molecule has 0 aliphatic rings. The molecule has 0 radical (unpaired) electrons. The number of halogens is 1. The number of hydrogen-bond acceptors (Lipinski definition) is 6. The molecule has 4 nitrogen and oxygen atoms in total. The van der Waals surface area contributed by atoms with Crippen molar-refractivity contribution in [3.8, 4) is 22.7 Å². The van der Waals surface area contributed by atoms with E-state index in [2.05, 4.69) is 32.7 Å². The van der Waals surface area contributed by atoms with Gasteiger partial charge in [0, 0.05) is 21.5 Å². The van der Waals surface area contributed by atoms with Crippen LogP contribution in [0.5, 0.6) is 0 Å². The fourth-order valence-corrected chi connectivity index (χ4v) is 4.01. The van der Waals surface area contributed by atoms with Crippen LogP contribution in [0.25, 0.3) is 22.7 Å². The van der Waals surface area contributed by atoms with Crippen LogP contribution in [0, 0.1) is 0 Å². The third-order valence-corrected chi connectivity index (χ3v) is 5.69. The summed E-state index contributed by atoms with van der Waals surface area (Å²) >= 11 is 9.10. The summed E-state index contributed by atoms with van der Waals surface area (Å²) in [7, 11) is 0. The summed E-state index contributed by atoms with van der Waals surface area (Å²) in [5, 5.41) is 10.9. The van der Waals surface area contributed by atoms with Crippen LogP contribution < -0.4 is 0 Å². The zero-order valence-electron chi connectivity index (χ0n) is 12.9. The minimum atomic E-state index is 0.497. The molecule has 0 bridgehead atoms. The first-order valence-electron chi connectivity index (χ1n) is 7.50. The summed E-state index contributed by atoms with van der Waals surface area (Å²) in [5.74, 6) is 1.66. The average Bonchev–Trinajstić information content (AvgIpc) is 3.31. The molecule has 0 spiro atoms. The monoisotopic (exact) mass is 385 g/mol. The van der Waals surface area contributed by atoms with Crippen molar-refractivity contribution in [1.82, 2.24) is 15.2 Å². The lowest BCUT2D eigenvalue weighted by atomic mass is 10.2. The quantitative estimate of drug-likeness (QED) is 0.406. The molecule has 0 N–H and O–H groups in total. The molecule has 124 valence electrons. The van der Waals surface area contributed by atoms with Gasteiger partial charge in [-0.25, -0.2) is 4.98 Å². The molecule has 2 aromatic carbocycles. The Labute approximate surface area is 157 Å². The normalized spacial score (nSPS) is 10.9.